The highest BCUT2D eigenvalue weighted by Crippen LogP contribution is 2.37. The van der Waals surface area contributed by atoms with E-state index in [1.54, 1.807) is 6.20 Å². The van der Waals surface area contributed by atoms with E-state index in [-0.39, 0.29) is 17.9 Å². The van der Waals surface area contributed by atoms with Crippen LogP contribution in [-0.4, -0.2) is 41.2 Å². The number of alkyl halides is 1. The van der Waals surface area contributed by atoms with Gasteiger partial charge in [-0.1, -0.05) is 26.0 Å². The summed E-state index contributed by atoms with van der Waals surface area (Å²) in [6.07, 6.45) is 6.04. The van der Waals surface area contributed by atoms with Crippen LogP contribution in [0, 0.1) is 0 Å². The Labute approximate surface area is 175 Å². The van der Waals surface area contributed by atoms with Gasteiger partial charge in [0.25, 0.3) is 5.91 Å². The molecule has 1 aromatic heterocycles. The third-order valence-corrected chi connectivity index (χ3v) is 6.46. The van der Waals surface area contributed by atoms with Crippen LogP contribution in [0.15, 0.2) is 30.5 Å². The Balaban J connectivity index is 1.44. The zero-order valence-electron chi connectivity index (χ0n) is 17.3. The summed E-state index contributed by atoms with van der Waals surface area (Å²) in [4.78, 5) is 21.3. The number of hydrogen-bond acceptors (Lipinski definition) is 5. The van der Waals surface area contributed by atoms with Crippen molar-refractivity contribution in [1.29, 1.82) is 0 Å². The average Bonchev–Trinajstić information content (AvgIpc) is 2.73. The van der Waals surface area contributed by atoms with Crippen molar-refractivity contribution >= 4 is 23.2 Å². The van der Waals surface area contributed by atoms with Crippen molar-refractivity contribution in [3.05, 3.63) is 52.7 Å². The summed E-state index contributed by atoms with van der Waals surface area (Å²) in [5.74, 6) is 1.16. The van der Waals surface area contributed by atoms with Crippen LogP contribution < -0.4 is 16.0 Å². The number of amides is 1. The van der Waals surface area contributed by atoms with Crippen LogP contribution in [0.2, 0.25) is 0 Å². The van der Waals surface area contributed by atoms with Crippen LogP contribution in [0.1, 0.15) is 60.2 Å². The summed E-state index contributed by atoms with van der Waals surface area (Å²) in [5.41, 5.74) is 3.52. The van der Waals surface area contributed by atoms with Crippen molar-refractivity contribution in [2.24, 2.45) is 0 Å². The van der Waals surface area contributed by atoms with E-state index in [0.717, 1.165) is 40.1 Å². The van der Waals surface area contributed by atoms with E-state index in [4.69, 9.17) is 0 Å². The molecule has 1 saturated carbocycles. The summed E-state index contributed by atoms with van der Waals surface area (Å²) in [6, 6.07) is 6.00. The van der Waals surface area contributed by atoms with Gasteiger partial charge in [-0.2, -0.15) is 4.98 Å². The SMILES string of the molecule is CC1(C)CNC(=O)c2ccc(C3=CCNc4nc(NCC5(F)CCC5)ncc43)cc21. The maximum absolute atomic E-state index is 14.3. The Morgan fingerprint density at radius 3 is 2.80 bits per heavy atom. The van der Waals surface area contributed by atoms with Crippen LogP contribution in [0.3, 0.4) is 0 Å². The number of carbonyl (C=O) groups excluding carboxylic acids is 1. The molecule has 3 aliphatic rings. The largest absolute Gasteiger partial charge is 0.366 e. The molecule has 2 aromatic rings. The Morgan fingerprint density at radius 1 is 1.20 bits per heavy atom. The minimum absolute atomic E-state index is 0.0216. The van der Waals surface area contributed by atoms with Gasteiger partial charge < -0.3 is 16.0 Å². The van der Waals surface area contributed by atoms with Gasteiger partial charge >= 0.3 is 0 Å². The number of rotatable bonds is 4. The lowest BCUT2D eigenvalue weighted by molar-refractivity contribution is 0.0782. The van der Waals surface area contributed by atoms with Gasteiger partial charge in [-0.15, -0.1) is 0 Å². The molecule has 3 N–H and O–H groups in total. The fraction of sp³-hybridized carbons (Fsp3) is 0.435. The van der Waals surface area contributed by atoms with Gasteiger partial charge in [-0.3, -0.25) is 4.79 Å². The molecule has 0 spiro atoms. The fourth-order valence-electron chi connectivity index (χ4n) is 4.37. The number of nitrogens with zero attached hydrogens (tertiary/aromatic N) is 2. The van der Waals surface area contributed by atoms with E-state index >= 15 is 0 Å². The molecular weight excluding hydrogens is 381 g/mol. The first-order valence-corrected chi connectivity index (χ1v) is 10.5. The molecule has 0 unspecified atom stereocenters. The number of halogens is 1. The molecule has 6 nitrogen and oxygen atoms in total. The van der Waals surface area contributed by atoms with Crippen molar-refractivity contribution < 1.29 is 9.18 Å². The summed E-state index contributed by atoms with van der Waals surface area (Å²) in [6.45, 7) is 5.79. The zero-order chi connectivity index (χ0) is 20.9. The van der Waals surface area contributed by atoms with E-state index in [2.05, 4.69) is 51.9 Å². The summed E-state index contributed by atoms with van der Waals surface area (Å²) in [7, 11) is 0. The average molecular weight is 407 g/mol. The van der Waals surface area contributed by atoms with Crippen LogP contribution in [-0.2, 0) is 5.41 Å². The van der Waals surface area contributed by atoms with Gasteiger partial charge in [0.1, 0.15) is 11.5 Å². The molecule has 1 aromatic carbocycles. The van der Waals surface area contributed by atoms with Crippen molar-refractivity contribution in [2.75, 3.05) is 30.3 Å². The summed E-state index contributed by atoms with van der Waals surface area (Å²) >= 11 is 0. The second kappa shape index (κ2) is 6.79. The van der Waals surface area contributed by atoms with Crippen LogP contribution >= 0.6 is 0 Å². The smallest absolute Gasteiger partial charge is 0.251 e. The Kier molecular flexibility index (Phi) is 4.31. The third-order valence-electron chi connectivity index (χ3n) is 6.46. The van der Waals surface area contributed by atoms with Gasteiger partial charge in [0.15, 0.2) is 0 Å². The fourth-order valence-corrected chi connectivity index (χ4v) is 4.37. The molecule has 0 bridgehead atoms. The Morgan fingerprint density at radius 2 is 2.03 bits per heavy atom. The number of aromatic nitrogens is 2. The normalized spacial score (nSPS) is 20.6. The minimum atomic E-state index is -1.13. The summed E-state index contributed by atoms with van der Waals surface area (Å²) < 4.78 is 14.3. The lowest BCUT2D eigenvalue weighted by atomic mass is 9.77. The Bertz CT molecular complexity index is 1060. The lowest BCUT2D eigenvalue weighted by Gasteiger charge is -2.34. The highest BCUT2D eigenvalue weighted by molar-refractivity contribution is 5.98. The van der Waals surface area contributed by atoms with Crippen LogP contribution in [0.25, 0.3) is 5.57 Å². The molecule has 7 heteroatoms. The van der Waals surface area contributed by atoms with Crippen molar-refractivity contribution in [1.82, 2.24) is 15.3 Å². The molecular formula is C23H26FN5O. The van der Waals surface area contributed by atoms with Gasteiger partial charge in [-0.25, -0.2) is 9.37 Å². The van der Waals surface area contributed by atoms with E-state index < -0.39 is 5.67 Å². The molecule has 0 atom stereocenters. The molecule has 1 fully saturated rings. The first-order chi connectivity index (χ1) is 14.3. The van der Waals surface area contributed by atoms with E-state index in [9.17, 15) is 9.18 Å². The quantitative estimate of drug-likeness (QED) is 0.721. The number of nitrogens with one attached hydrogen (secondary N) is 3. The lowest BCUT2D eigenvalue weighted by Crippen LogP contribution is -2.43. The maximum Gasteiger partial charge on any atom is 0.251 e. The first-order valence-electron chi connectivity index (χ1n) is 10.5. The van der Waals surface area contributed by atoms with Gasteiger partial charge in [-0.05, 0) is 48.1 Å². The molecule has 0 radical (unpaired) electrons. The topological polar surface area (TPSA) is 78.9 Å². The van der Waals surface area contributed by atoms with Crippen molar-refractivity contribution in [2.45, 2.75) is 44.2 Å². The predicted molar refractivity (Wildman–Crippen MR) is 116 cm³/mol. The third kappa shape index (κ3) is 3.22. The van der Waals surface area contributed by atoms with Gasteiger partial charge in [0.05, 0.1) is 6.54 Å². The minimum Gasteiger partial charge on any atom is -0.366 e. The number of hydrogen-bond donors (Lipinski definition) is 3. The van der Waals surface area contributed by atoms with Crippen molar-refractivity contribution in [3.8, 4) is 0 Å². The number of benzene rings is 1. The Hall–Kier alpha value is -2.96. The molecule has 0 saturated heterocycles. The number of fused-ring (bicyclic) bond motifs is 2. The molecule has 2 aliphatic heterocycles. The van der Waals surface area contributed by atoms with Crippen LogP contribution in [0.4, 0.5) is 16.2 Å². The molecule has 5 rings (SSSR count). The van der Waals surface area contributed by atoms with E-state index in [1.807, 2.05) is 12.1 Å². The summed E-state index contributed by atoms with van der Waals surface area (Å²) in [5, 5.41) is 9.30. The molecule has 156 valence electrons. The predicted octanol–water partition coefficient (Wildman–Crippen LogP) is 3.66. The van der Waals surface area contributed by atoms with Gasteiger partial charge in [0.2, 0.25) is 5.95 Å². The van der Waals surface area contributed by atoms with E-state index in [1.165, 1.54) is 0 Å². The maximum atomic E-state index is 14.3. The highest BCUT2D eigenvalue weighted by Gasteiger charge is 2.37. The molecule has 1 aliphatic carbocycles. The first kappa shape index (κ1) is 19.0. The molecule has 3 heterocycles. The second-order valence-electron chi connectivity index (χ2n) is 9.14. The number of carbonyl (C=O) groups is 1. The zero-order valence-corrected chi connectivity index (χ0v) is 17.3. The molecule has 1 amide bonds. The van der Waals surface area contributed by atoms with E-state index in [0.29, 0.717) is 31.9 Å². The number of anilines is 2. The van der Waals surface area contributed by atoms with Crippen LogP contribution in [0.5, 0.6) is 0 Å². The van der Waals surface area contributed by atoms with Gasteiger partial charge in [0, 0.05) is 35.8 Å². The second-order valence-corrected chi connectivity index (χ2v) is 9.14. The molecule has 30 heavy (non-hydrogen) atoms. The standard InChI is InChI=1S/C23H26FN5O/c1-22(2)12-27-20(30)16-5-4-14(10-18(16)22)15-6-9-25-19-17(15)11-26-21(29-19)28-13-23(24)7-3-8-23/h4-6,10-11H,3,7-9,12-13H2,1-2H3,(H,27,30)(H2,25,26,28,29). The monoisotopic (exact) mass is 407 g/mol. The highest BCUT2D eigenvalue weighted by atomic mass is 19.1. The van der Waals surface area contributed by atoms with Crippen molar-refractivity contribution in [3.63, 3.8) is 0 Å².